The maximum atomic E-state index is 2.94. The van der Waals surface area contributed by atoms with Gasteiger partial charge in [-0.25, -0.2) is 0 Å². The van der Waals surface area contributed by atoms with Gasteiger partial charge in [0.25, 0.3) is 0 Å². The van der Waals surface area contributed by atoms with Gasteiger partial charge in [-0.15, -0.1) is 0 Å². The molecule has 2 aliphatic heterocycles. The van der Waals surface area contributed by atoms with Gasteiger partial charge in [-0.3, -0.25) is 0 Å². The number of hydrogen-bond acceptors (Lipinski definition) is 2. The van der Waals surface area contributed by atoms with E-state index < -0.39 is 0 Å². The van der Waals surface area contributed by atoms with Crippen LogP contribution >= 0.6 is 0 Å². The summed E-state index contributed by atoms with van der Waals surface area (Å²) in [6.07, 6.45) is 13.1. The Hall–Kier alpha value is -1.96. The second kappa shape index (κ2) is 7.82. The van der Waals surface area contributed by atoms with E-state index >= 15 is 0 Å². The van der Waals surface area contributed by atoms with Crippen LogP contribution in [0.5, 0.6) is 0 Å². The number of nitrogens with zero attached hydrogens (tertiary/aromatic N) is 2. The van der Waals surface area contributed by atoms with Crippen LogP contribution in [-0.4, -0.2) is 18.2 Å². The second-order valence-corrected chi connectivity index (χ2v) is 11.4. The third-order valence-electron chi connectivity index (χ3n) is 9.81. The number of benzene rings is 2. The summed E-state index contributed by atoms with van der Waals surface area (Å²) in [5, 5.41) is 0. The first-order valence-electron chi connectivity index (χ1n) is 13.3. The number of fused-ring (bicyclic) bond motifs is 3. The third-order valence-corrected chi connectivity index (χ3v) is 9.81. The zero-order chi connectivity index (χ0) is 21.9. The molecule has 2 saturated carbocycles. The lowest BCUT2D eigenvalue weighted by molar-refractivity contribution is 0.190. The molecule has 0 spiro atoms. The Morgan fingerprint density at radius 1 is 0.750 bits per heavy atom. The molecule has 0 N–H and O–H groups in total. The highest BCUT2D eigenvalue weighted by atomic mass is 15.5. The fourth-order valence-electron chi connectivity index (χ4n) is 8.41. The number of hydrogen-bond donors (Lipinski definition) is 0. The molecule has 3 fully saturated rings. The van der Waals surface area contributed by atoms with Crippen molar-refractivity contribution in [2.75, 3.05) is 9.80 Å². The lowest BCUT2D eigenvalue weighted by atomic mass is 9.62. The predicted molar refractivity (Wildman–Crippen MR) is 136 cm³/mol. The van der Waals surface area contributed by atoms with Gasteiger partial charge in [0.1, 0.15) is 6.17 Å². The van der Waals surface area contributed by atoms with Crippen LogP contribution in [-0.2, 0) is 5.41 Å². The molecule has 1 saturated heterocycles. The average molecular weight is 429 g/mol. The van der Waals surface area contributed by atoms with Crippen molar-refractivity contribution in [1.29, 1.82) is 0 Å². The van der Waals surface area contributed by atoms with Gasteiger partial charge in [0.05, 0.1) is 6.04 Å². The third kappa shape index (κ3) is 2.83. The molecule has 2 heteroatoms. The molecule has 0 aromatic heterocycles. The molecule has 2 aromatic rings. The van der Waals surface area contributed by atoms with Gasteiger partial charge in [0.2, 0.25) is 0 Å². The Labute approximate surface area is 195 Å². The first-order chi connectivity index (χ1) is 15.6. The molecule has 170 valence electrons. The number of anilines is 2. The van der Waals surface area contributed by atoms with E-state index in [0.29, 0.717) is 18.2 Å². The van der Waals surface area contributed by atoms with Crippen molar-refractivity contribution in [3.8, 4) is 0 Å². The Morgan fingerprint density at radius 2 is 1.38 bits per heavy atom. The molecule has 2 heterocycles. The van der Waals surface area contributed by atoms with E-state index in [1.54, 1.807) is 11.3 Å². The molecular formula is C30H40N2. The molecule has 3 unspecified atom stereocenters. The van der Waals surface area contributed by atoms with Gasteiger partial charge >= 0.3 is 0 Å². The highest BCUT2D eigenvalue weighted by Crippen LogP contribution is 2.59. The van der Waals surface area contributed by atoms with Crippen molar-refractivity contribution in [3.05, 3.63) is 59.7 Å². The first kappa shape index (κ1) is 20.6. The van der Waals surface area contributed by atoms with Crippen molar-refractivity contribution in [3.63, 3.8) is 0 Å². The summed E-state index contributed by atoms with van der Waals surface area (Å²) in [4.78, 5) is 5.81. The molecule has 32 heavy (non-hydrogen) atoms. The fourth-order valence-corrected chi connectivity index (χ4v) is 8.41. The van der Waals surface area contributed by atoms with Crippen molar-refractivity contribution in [1.82, 2.24) is 0 Å². The van der Waals surface area contributed by atoms with Crippen LogP contribution in [0, 0.1) is 18.8 Å². The van der Waals surface area contributed by atoms with Crippen molar-refractivity contribution in [2.45, 2.75) is 102 Å². The quantitative estimate of drug-likeness (QED) is 0.501. The molecule has 2 aliphatic carbocycles. The summed E-state index contributed by atoms with van der Waals surface area (Å²) in [5.74, 6) is 1.57. The van der Waals surface area contributed by atoms with Gasteiger partial charge in [-0.05, 0) is 74.6 Å². The highest BCUT2D eigenvalue weighted by Gasteiger charge is 2.62. The Morgan fingerprint density at radius 3 is 2.09 bits per heavy atom. The maximum Gasteiger partial charge on any atom is 0.105 e. The Balaban J connectivity index is 1.53. The zero-order valence-electron chi connectivity index (χ0n) is 20.3. The van der Waals surface area contributed by atoms with E-state index in [4.69, 9.17) is 0 Å². The van der Waals surface area contributed by atoms with E-state index in [0.717, 1.165) is 11.8 Å². The van der Waals surface area contributed by atoms with Gasteiger partial charge in [0, 0.05) is 22.8 Å². The van der Waals surface area contributed by atoms with Crippen molar-refractivity contribution in [2.24, 2.45) is 11.8 Å². The Bertz CT molecular complexity index is 970. The van der Waals surface area contributed by atoms with Gasteiger partial charge < -0.3 is 9.80 Å². The van der Waals surface area contributed by atoms with E-state index in [1.807, 2.05) is 0 Å². The van der Waals surface area contributed by atoms with Gasteiger partial charge in [-0.1, -0.05) is 75.4 Å². The maximum absolute atomic E-state index is 2.94. The lowest BCUT2D eigenvalue weighted by Gasteiger charge is -2.44. The first-order valence-corrected chi connectivity index (χ1v) is 13.3. The minimum Gasteiger partial charge on any atom is -0.346 e. The predicted octanol–water partition coefficient (Wildman–Crippen LogP) is 7.45. The van der Waals surface area contributed by atoms with Crippen LogP contribution in [0.15, 0.2) is 48.5 Å². The molecule has 4 aliphatic rings. The van der Waals surface area contributed by atoms with E-state index in [2.05, 4.69) is 79.1 Å². The zero-order valence-corrected chi connectivity index (χ0v) is 20.3. The van der Waals surface area contributed by atoms with Crippen LogP contribution in [0.25, 0.3) is 0 Å². The van der Waals surface area contributed by atoms with Crippen molar-refractivity contribution < 1.29 is 0 Å². The molecular weight excluding hydrogens is 388 g/mol. The molecule has 6 rings (SSSR count). The molecule has 0 bridgehead atoms. The van der Waals surface area contributed by atoms with Crippen molar-refractivity contribution >= 4 is 11.4 Å². The van der Waals surface area contributed by atoms with E-state index in [9.17, 15) is 0 Å². The lowest BCUT2D eigenvalue weighted by Crippen LogP contribution is -2.51. The SMILES string of the molecule is Cc1ccccc1N1C(C2CCCC2)N2c3ccccc3C(C)(C3CCCCC3)C2[C@@H]1C. The molecule has 0 amide bonds. The topological polar surface area (TPSA) is 6.48 Å². The largest absolute Gasteiger partial charge is 0.346 e. The molecule has 2 aromatic carbocycles. The van der Waals surface area contributed by atoms with Crippen LogP contribution in [0.1, 0.15) is 82.8 Å². The molecule has 4 atom stereocenters. The van der Waals surface area contributed by atoms with Crippen LogP contribution in [0.4, 0.5) is 11.4 Å². The number of rotatable bonds is 3. The summed E-state index contributed by atoms with van der Waals surface area (Å²) >= 11 is 0. The number of para-hydroxylation sites is 2. The standard InChI is InChI=1S/C30H40N2/c1-21-13-7-11-19-26(21)31-22(2)28-30(3,24-16-5-4-6-17-24)25-18-10-12-20-27(25)32(28)29(31)23-14-8-9-15-23/h7,10-13,18-20,22-24,28-29H,4-6,8-9,14-17H2,1-3H3/t22-,28?,29?,30?/m0/s1. The van der Waals surface area contributed by atoms with Crippen LogP contribution < -0.4 is 9.80 Å². The molecule has 2 nitrogen and oxygen atoms in total. The molecule has 0 radical (unpaired) electrons. The minimum absolute atomic E-state index is 0.241. The van der Waals surface area contributed by atoms with Crippen LogP contribution in [0.2, 0.25) is 0 Å². The summed E-state index contributed by atoms with van der Waals surface area (Å²) in [5.41, 5.74) is 6.33. The summed E-state index contributed by atoms with van der Waals surface area (Å²) in [6.45, 7) is 7.51. The minimum atomic E-state index is 0.241. The monoisotopic (exact) mass is 428 g/mol. The average Bonchev–Trinajstić information content (AvgIpc) is 3.52. The number of aryl methyl sites for hydroxylation is 1. The summed E-state index contributed by atoms with van der Waals surface area (Å²) in [6, 6.07) is 19.8. The smallest absolute Gasteiger partial charge is 0.105 e. The van der Waals surface area contributed by atoms with Gasteiger partial charge in [-0.2, -0.15) is 0 Å². The summed E-state index contributed by atoms with van der Waals surface area (Å²) in [7, 11) is 0. The Kier molecular flexibility index (Phi) is 5.04. The van der Waals surface area contributed by atoms with E-state index in [1.165, 1.54) is 69.0 Å². The van der Waals surface area contributed by atoms with Crippen LogP contribution in [0.3, 0.4) is 0 Å². The highest BCUT2D eigenvalue weighted by molar-refractivity contribution is 5.72. The fraction of sp³-hybridized carbons (Fsp3) is 0.600. The normalized spacial score (nSPS) is 33.0. The van der Waals surface area contributed by atoms with Gasteiger partial charge in [0.15, 0.2) is 0 Å². The second-order valence-electron chi connectivity index (χ2n) is 11.4. The summed E-state index contributed by atoms with van der Waals surface area (Å²) < 4.78 is 0. The van der Waals surface area contributed by atoms with E-state index in [-0.39, 0.29) is 5.41 Å².